The maximum Gasteiger partial charge on any atom is 0.309 e. The summed E-state index contributed by atoms with van der Waals surface area (Å²) in [6.45, 7) is 11.3. The van der Waals surface area contributed by atoms with E-state index >= 15 is 0 Å². The number of nitrogens with zero attached hydrogens (tertiary/aromatic N) is 1. The Morgan fingerprint density at radius 3 is 0.875 bits per heavy atom. The average Bonchev–Trinajstić information content (AvgIpc) is 3.38. The number of carbonyl (C=O) groups is 2. The number of carbonyl (C=O) groups excluding carboxylic acids is 2. The Kier molecular flexibility index (Phi) is 61.1. The molecule has 1 unspecified atom stereocenters. The van der Waals surface area contributed by atoms with Gasteiger partial charge in [0.05, 0.1) is 12.5 Å². The third kappa shape index (κ3) is 54.9. The van der Waals surface area contributed by atoms with Crippen molar-refractivity contribution >= 4 is 11.9 Å². The fourth-order valence-corrected chi connectivity index (χ4v) is 10.9. The van der Waals surface area contributed by atoms with Gasteiger partial charge in [-0.3, -0.25) is 9.59 Å². The second-order valence-corrected chi connectivity index (χ2v) is 23.3. The summed E-state index contributed by atoms with van der Waals surface area (Å²) in [5.41, 5.74) is 0. The number of hydrogen-bond acceptors (Lipinski definition) is 3. The molecule has 0 aliphatic heterocycles. The third-order valence-corrected chi connectivity index (χ3v) is 16.0. The normalized spacial score (nSPS) is 12.1. The predicted octanol–water partition coefficient (Wildman–Crippen LogP) is 23.5. The molecule has 4 nitrogen and oxygen atoms in total. The first-order valence-electron chi connectivity index (χ1n) is 33.7. The van der Waals surface area contributed by atoms with Gasteiger partial charge in [0.1, 0.15) is 0 Å². The molecule has 0 saturated carbocycles. The van der Waals surface area contributed by atoms with E-state index in [4.69, 9.17) is 4.74 Å². The Morgan fingerprint density at radius 1 is 0.319 bits per heavy atom. The highest BCUT2D eigenvalue weighted by Gasteiger charge is 2.26. The largest absolute Gasteiger partial charge is 0.465 e. The summed E-state index contributed by atoms with van der Waals surface area (Å²) in [7, 11) is 0. The smallest absolute Gasteiger partial charge is 0.309 e. The van der Waals surface area contributed by atoms with Crippen LogP contribution in [0.25, 0.3) is 0 Å². The van der Waals surface area contributed by atoms with E-state index in [-0.39, 0.29) is 17.8 Å². The minimum atomic E-state index is -0.292. The lowest BCUT2D eigenvalue weighted by molar-refractivity contribution is -0.152. The van der Waals surface area contributed by atoms with E-state index in [1.807, 2.05) is 0 Å². The second-order valence-electron chi connectivity index (χ2n) is 23.3. The summed E-state index contributed by atoms with van der Waals surface area (Å²) >= 11 is 0. The monoisotopic (exact) mass is 1010 g/mol. The summed E-state index contributed by atoms with van der Waals surface area (Å²) < 4.78 is 5.88. The number of hydrogen-bond donors (Lipinski definition) is 0. The van der Waals surface area contributed by atoms with Crippen molar-refractivity contribution in [2.75, 3.05) is 19.7 Å². The Bertz CT molecular complexity index is 1060. The predicted molar refractivity (Wildman–Crippen MR) is 321 cm³/mol. The Hall–Kier alpha value is -1.32. The zero-order valence-corrected chi connectivity index (χ0v) is 50.1. The Labute approximate surface area is 454 Å². The van der Waals surface area contributed by atoms with Crippen LogP contribution in [-0.2, 0) is 14.3 Å². The molecule has 0 spiro atoms. The van der Waals surface area contributed by atoms with Crippen LogP contribution in [0.4, 0.5) is 0 Å². The van der Waals surface area contributed by atoms with Gasteiger partial charge in [0, 0.05) is 19.5 Å². The summed E-state index contributed by atoms with van der Waals surface area (Å²) in [4.78, 5) is 29.5. The van der Waals surface area contributed by atoms with Crippen molar-refractivity contribution in [1.82, 2.24) is 4.90 Å². The first-order valence-corrected chi connectivity index (χ1v) is 33.7. The van der Waals surface area contributed by atoms with Crippen molar-refractivity contribution in [2.45, 2.75) is 387 Å². The number of unbranched alkanes of at least 4 members (excludes halogenated alkanes) is 49. The molecule has 0 aliphatic carbocycles. The quantitative estimate of drug-likeness (QED) is 0.0346. The van der Waals surface area contributed by atoms with Gasteiger partial charge in [-0.1, -0.05) is 342 Å². The van der Waals surface area contributed by atoms with Gasteiger partial charge in [-0.15, -0.1) is 0 Å². The molecule has 0 bridgehead atoms. The molecule has 0 aliphatic rings. The van der Waals surface area contributed by atoms with Gasteiger partial charge in [-0.25, -0.2) is 0 Å². The molecule has 0 saturated heterocycles. The van der Waals surface area contributed by atoms with Crippen molar-refractivity contribution in [3.05, 3.63) is 12.2 Å². The molecule has 0 heterocycles. The number of rotatable bonds is 62. The lowest BCUT2D eigenvalue weighted by Crippen LogP contribution is -2.35. The van der Waals surface area contributed by atoms with E-state index < -0.39 is 0 Å². The molecule has 428 valence electrons. The van der Waals surface area contributed by atoms with Gasteiger partial charge in [0.15, 0.2) is 0 Å². The molecule has 0 rings (SSSR count). The summed E-state index contributed by atoms with van der Waals surface area (Å²) in [6, 6.07) is 0. The summed E-state index contributed by atoms with van der Waals surface area (Å²) in [5.74, 6) is -0.220. The molecule has 1 amide bonds. The highest BCUT2D eigenvalue weighted by molar-refractivity contribution is 5.83. The Balaban J connectivity index is 4.03. The second kappa shape index (κ2) is 62.2. The fraction of sp³-hybridized carbons (Fsp3) is 0.941. The molecule has 4 heteroatoms. The van der Waals surface area contributed by atoms with E-state index in [1.165, 1.54) is 308 Å². The standard InChI is InChI=1S/C68H133NO3/c1-5-9-13-17-21-22-23-24-25-26-27-28-29-30-31-32-33-34-35-36-37-38-39-40-41-42-43-44-45-46-47-48-49-50-51-52-53-57-61-66(68(71)72-64-60-56-20-16-12-8-4)65-67(70)69(62-58-54-18-14-10-6-2)63-59-55-19-15-11-7-3/h37-38,66H,5-36,39-65H2,1-4H3/b38-37+. The zero-order chi connectivity index (χ0) is 52.2. The SMILES string of the molecule is CCCCCCCCCCCCCCCCCCCCC/C=C/CCCCCCCCCCCCCCCCCC(CC(=O)N(CCCCCCCC)CCCCCCCC)C(=O)OCCCCCCCC. The van der Waals surface area contributed by atoms with Gasteiger partial charge in [0.25, 0.3) is 0 Å². The van der Waals surface area contributed by atoms with Crippen molar-refractivity contribution in [2.24, 2.45) is 5.92 Å². The van der Waals surface area contributed by atoms with Crippen LogP contribution in [0.2, 0.25) is 0 Å². The van der Waals surface area contributed by atoms with E-state index in [0.29, 0.717) is 13.0 Å². The third-order valence-electron chi connectivity index (χ3n) is 16.0. The van der Waals surface area contributed by atoms with Gasteiger partial charge in [0.2, 0.25) is 5.91 Å². The molecule has 0 N–H and O–H groups in total. The molecule has 0 radical (unpaired) electrons. The highest BCUT2D eigenvalue weighted by Crippen LogP contribution is 2.22. The first kappa shape index (κ1) is 70.7. The maximum absolute atomic E-state index is 13.9. The van der Waals surface area contributed by atoms with Gasteiger partial charge in [-0.2, -0.15) is 0 Å². The molecule has 0 aromatic rings. The van der Waals surface area contributed by atoms with Crippen molar-refractivity contribution < 1.29 is 14.3 Å². The van der Waals surface area contributed by atoms with Crippen LogP contribution in [0.3, 0.4) is 0 Å². The van der Waals surface area contributed by atoms with Crippen LogP contribution < -0.4 is 0 Å². The van der Waals surface area contributed by atoms with Crippen molar-refractivity contribution in [3.8, 4) is 0 Å². The lowest BCUT2D eigenvalue weighted by Gasteiger charge is -2.25. The van der Waals surface area contributed by atoms with Crippen LogP contribution >= 0.6 is 0 Å². The zero-order valence-electron chi connectivity index (χ0n) is 50.1. The van der Waals surface area contributed by atoms with Crippen LogP contribution in [0.15, 0.2) is 12.2 Å². The van der Waals surface area contributed by atoms with Crippen LogP contribution in [-0.4, -0.2) is 36.5 Å². The topological polar surface area (TPSA) is 46.6 Å². The maximum atomic E-state index is 13.9. The van der Waals surface area contributed by atoms with Crippen molar-refractivity contribution in [3.63, 3.8) is 0 Å². The number of ether oxygens (including phenoxy) is 1. The van der Waals surface area contributed by atoms with Crippen LogP contribution in [0.1, 0.15) is 387 Å². The molecule has 1 atom stereocenters. The van der Waals surface area contributed by atoms with Gasteiger partial charge >= 0.3 is 5.97 Å². The number of amides is 1. The fourth-order valence-electron chi connectivity index (χ4n) is 10.9. The number of esters is 1. The molecule has 72 heavy (non-hydrogen) atoms. The average molecular weight is 1010 g/mol. The van der Waals surface area contributed by atoms with Crippen LogP contribution in [0, 0.1) is 5.92 Å². The molecule has 0 fully saturated rings. The summed E-state index contributed by atoms with van der Waals surface area (Å²) in [5, 5.41) is 0. The first-order chi connectivity index (χ1) is 35.6. The molecule has 0 aromatic heterocycles. The number of allylic oxidation sites excluding steroid dienone is 2. The summed E-state index contributed by atoms with van der Waals surface area (Å²) in [6.07, 6.45) is 78.2. The van der Waals surface area contributed by atoms with Gasteiger partial charge < -0.3 is 9.64 Å². The van der Waals surface area contributed by atoms with E-state index in [0.717, 1.165) is 58.0 Å². The highest BCUT2D eigenvalue weighted by atomic mass is 16.5. The lowest BCUT2D eigenvalue weighted by atomic mass is 9.96. The molecular formula is C68H133NO3. The van der Waals surface area contributed by atoms with Crippen LogP contribution in [0.5, 0.6) is 0 Å². The van der Waals surface area contributed by atoms with E-state index in [9.17, 15) is 9.59 Å². The van der Waals surface area contributed by atoms with E-state index in [2.05, 4.69) is 44.7 Å². The Morgan fingerprint density at radius 2 is 0.569 bits per heavy atom. The molecule has 0 aromatic carbocycles. The van der Waals surface area contributed by atoms with Gasteiger partial charge in [-0.05, 0) is 51.4 Å². The van der Waals surface area contributed by atoms with Crippen molar-refractivity contribution in [1.29, 1.82) is 0 Å². The minimum Gasteiger partial charge on any atom is -0.465 e. The minimum absolute atomic E-state index is 0.116. The van der Waals surface area contributed by atoms with E-state index in [1.54, 1.807) is 0 Å². The molecular weight excluding hydrogens is 879 g/mol.